The summed E-state index contributed by atoms with van der Waals surface area (Å²) in [7, 11) is 0. The predicted octanol–water partition coefficient (Wildman–Crippen LogP) is 3.23. The lowest BCUT2D eigenvalue weighted by molar-refractivity contribution is 0.256. The average molecular weight is 261 g/mol. The number of aromatic nitrogens is 2. The van der Waals surface area contributed by atoms with Gasteiger partial charge in [0, 0.05) is 37.7 Å². The third-order valence-corrected chi connectivity index (χ3v) is 5.05. The zero-order valence-electron chi connectivity index (χ0n) is 12.4. The minimum atomic E-state index is 0.643. The number of fused-ring (bicyclic) bond motifs is 1. The van der Waals surface area contributed by atoms with Crippen molar-refractivity contribution in [1.29, 1.82) is 0 Å². The summed E-state index contributed by atoms with van der Waals surface area (Å²) in [6.45, 7) is 6.75. The second kappa shape index (κ2) is 5.66. The number of nitrogens with zero attached hydrogens (tertiary/aromatic N) is 2. The van der Waals surface area contributed by atoms with Crippen LogP contribution < -0.4 is 5.32 Å². The SMILES string of the molecule is CCc1nc2c(n1C(C)C1CCCCC1)CCNC2. The molecule has 0 bridgehead atoms. The van der Waals surface area contributed by atoms with Crippen LogP contribution >= 0.6 is 0 Å². The lowest BCUT2D eigenvalue weighted by Gasteiger charge is -2.31. The molecule has 1 aliphatic carbocycles. The Balaban J connectivity index is 1.91. The lowest BCUT2D eigenvalue weighted by atomic mass is 9.84. The molecule has 2 aliphatic rings. The van der Waals surface area contributed by atoms with Gasteiger partial charge in [-0.15, -0.1) is 0 Å². The molecule has 106 valence electrons. The van der Waals surface area contributed by atoms with Gasteiger partial charge in [0.2, 0.25) is 0 Å². The minimum absolute atomic E-state index is 0.643. The van der Waals surface area contributed by atoms with Gasteiger partial charge < -0.3 is 9.88 Å². The Morgan fingerprint density at radius 3 is 2.84 bits per heavy atom. The summed E-state index contributed by atoms with van der Waals surface area (Å²) >= 11 is 0. The minimum Gasteiger partial charge on any atom is -0.329 e. The molecular weight excluding hydrogens is 234 g/mol. The Morgan fingerprint density at radius 1 is 1.32 bits per heavy atom. The van der Waals surface area contributed by atoms with Crippen molar-refractivity contribution in [2.24, 2.45) is 5.92 Å². The molecule has 2 heterocycles. The van der Waals surface area contributed by atoms with E-state index >= 15 is 0 Å². The number of imidazole rings is 1. The fraction of sp³-hybridized carbons (Fsp3) is 0.812. The summed E-state index contributed by atoms with van der Waals surface area (Å²) < 4.78 is 2.60. The van der Waals surface area contributed by atoms with Crippen molar-refractivity contribution < 1.29 is 0 Å². The molecule has 0 saturated heterocycles. The van der Waals surface area contributed by atoms with E-state index in [0.29, 0.717) is 6.04 Å². The van der Waals surface area contributed by atoms with Gasteiger partial charge in [0.25, 0.3) is 0 Å². The molecule has 0 aromatic carbocycles. The molecule has 1 N–H and O–H groups in total. The highest BCUT2D eigenvalue weighted by molar-refractivity contribution is 5.21. The van der Waals surface area contributed by atoms with E-state index in [1.807, 2.05) is 0 Å². The summed E-state index contributed by atoms with van der Waals surface area (Å²) in [5.41, 5.74) is 2.83. The Bertz CT molecular complexity index is 429. The molecule has 1 aromatic rings. The highest BCUT2D eigenvalue weighted by Gasteiger charge is 2.27. The quantitative estimate of drug-likeness (QED) is 0.905. The first-order chi connectivity index (χ1) is 9.31. The van der Waals surface area contributed by atoms with Crippen LogP contribution in [-0.4, -0.2) is 16.1 Å². The highest BCUT2D eigenvalue weighted by Crippen LogP contribution is 2.35. The van der Waals surface area contributed by atoms with Crippen LogP contribution in [0.1, 0.15) is 69.2 Å². The second-order valence-corrected chi connectivity index (χ2v) is 6.21. The van der Waals surface area contributed by atoms with Crippen LogP contribution in [0.5, 0.6) is 0 Å². The summed E-state index contributed by atoms with van der Waals surface area (Å²) in [6, 6.07) is 0.643. The predicted molar refractivity (Wildman–Crippen MR) is 78.3 cm³/mol. The van der Waals surface area contributed by atoms with Crippen LogP contribution in [-0.2, 0) is 19.4 Å². The maximum absolute atomic E-state index is 4.89. The molecule has 19 heavy (non-hydrogen) atoms. The van der Waals surface area contributed by atoms with Crippen LogP contribution in [0.2, 0.25) is 0 Å². The molecule has 1 atom stereocenters. The zero-order valence-corrected chi connectivity index (χ0v) is 12.4. The van der Waals surface area contributed by atoms with E-state index in [2.05, 4.69) is 23.7 Å². The molecule has 3 rings (SSSR count). The molecule has 3 nitrogen and oxygen atoms in total. The maximum atomic E-state index is 4.89. The second-order valence-electron chi connectivity index (χ2n) is 6.21. The van der Waals surface area contributed by atoms with Crippen molar-refractivity contribution in [3.05, 3.63) is 17.2 Å². The summed E-state index contributed by atoms with van der Waals surface area (Å²) in [5, 5.41) is 3.45. The van der Waals surface area contributed by atoms with Crippen molar-refractivity contribution in [2.45, 2.75) is 71.4 Å². The van der Waals surface area contributed by atoms with Gasteiger partial charge in [0.15, 0.2) is 0 Å². The molecule has 0 amide bonds. The first kappa shape index (κ1) is 13.2. The number of hydrogen-bond donors (Lipinski definition) is 1. The lowest BCUT2D eigenvalue weighted by Crippen LogP contribution is -2.28. The summed E-state index contributed by atoms with van der Waals surface area (Å²) in [5.74, 6) is 2.18. The van der Waals surface area contributed by atoms with Crippen LogP contribution in [0.25, 0.3) is 0 Å². The third-order valence-electron chi connectivity index (χ3n) is 5.05. The summed E-state index contributed by atoms with van der Waals surface area (Å²) in [6.07, 6.45) is 9.33. The Labute approximate surface area is 116 Å². The van der Waals surface area contributed by atoms with E-state index in [1.54, 1.807) is 0 Å². The Morgan fingerprint density at radius 2 is 2.11 bits per heavy atom. The van der Waals surface area contributed by atoms with Crippen LogP contribution in [0.15, 0.2) is 0 Å². The van der Waals surface area contributed by atoms with Crippen molar-refractivity contribution in [3.63, 3.8) is 0 Å². The van der Waals surface area contributed by atoms with Gasteiger partial charge in [-0.05, 0) is 25.7 Å². The Hall–Kier alpha value is -0.830. The number of nitrogens with one attached hydrogen (secondary N) is 1. The smallest absolute Gasteiger partial charge is 0.109 e. The molecule has 1 unspecified atom stereocenters. The highest BCUT2D eigenvalue weighted by atomic mass is 15.1. The van der Waals surface area contributed by atoms with E-state index in [1.165, 1.54) is 49.3 Å². The first-order valence-electron chi connectivity index (χ1n) is 8.10. The van der Waals surface area contributed by atoms with Gasteiger partial charge in [0.05, 0.1) is 5.69 Å². The molecular formula is C16H27N3. The monoisotopic (exact) mass is 261 g/mol. The number of rotatable bonds is 3. The van der Waals surface area contributed by atoms with Crippen molar-refractivity contribution in [1.82, 2.24) is 14.9 Å². The van der Waals surface area contributed by atoms with Crippen LogP contribution in [0.3, 0.4) is 0 Å². The van der Waals surface area contributed by atoms with Gasteiger partial charge in [-0.2, -0.15) is 0 Å². The molecule has 0 spiro atoms. The van der Waals surface area contributed by atoms with Gasteiger partial charge in [-0.25, -0.2) is 4.98 Å². The van der Waals surface area contributed by atoms with Crippen molar-refractivity contribution in [3.8, 4) is 0 Å². The van der Waals surface area contributed by atoms with E-state index in [9.17, 15) is 0 Å². The zero-order chi connectivity index (χ0) is 13.2. The number of hydrogen-bond acceptors (Lipinski definition) is 2. The van der Waals surface area contributed by atoms with E-state index in [4.69, 9.17) is 4.98 Å². The van der Waals surface area contributed by atoms with Gasteiger partial charge in [-0.1, -0.05) is 26.2 Å². The summed E-state index contributed by atoms with van der Waals surface area (Å²) in [4.78, 5) is 4.89. The van der Waals surface area contributed by atoms with Gasteiger partial charge in [0.1, 0.15) is 5.82 Å². The molecule has 1 fully saturated rings. The fourth-order valence-corrected chi connectivity index (χ4v) is 3.95. The average Bonchev–Trinajstić information content (AvgIpc) is 2.86. The van der Waals surface area contributed by atoms with Gasteiger partial charge >= 0.3 is 0 Å². The van der Waals surface area contributed by atoms with E-state index in [-0.39, 0.29) is 0 Å². The fourth-order valence-electron chi connectivity index (χ4n) is 3.95. The molecule has 1 aromatic heterocycles. The maximum Gasteiger partial charge on any atom is 0.109 e. The first-order valence-corrected chi connectivity index (χ1v) is 8.10. The molecule has 1 aliphatic heterocycles. The van der Waals surface area contributed by atoms with Crippen LogP contribution in [0.4, 0.5) is 0 Å². The largest absolute Gasteiger partial charge is 0.329 e. The van der Waals surface area contributed by atoms with Crippen molar-refractivity contribution in [2.75, 3.05) is 6.54 Å². The van der Waals surface area contributed by atoms with Crippen LogP contribution in [0, 0.1) is 5.92 Å². The normalized spacial score (nSPS) is 22.2. The molecule has 0 radical (unpaired) electrons. The van der Waals surface area contributed by atoms with E-state index < -0.39 is 0 Å². The third kappa shape index (κ3) is 2.45. The van der Waals surface area contributed by atoms with E-state index in [0.717, 1.165) is 31.8 Å². The standard InChI is InChI=1S/C16H27N3/c1-3-16-18-14-11-17-10-9-15(14)19(16)12(2)13-7-5-4-6-8-13/h12-13,17H,3-11H2,1-2H3. The molecule has 3 heteroatoms. The molecule has 1 saturated carbocycles. The Kier molecular flexibility index (Phi) is 3.92. The number of aryl methyl sites for hydroxylation is 1. The topological polar surface area (TPSA) is 29.9 Å². The van der Waals surface area contributed by atoms with Gasteiger partial charge in [-0.3, -0.25) is 0 Å². The van der Waals surface area contributed by atoms with Crippen molar-refractivity contribution >= 4 is 0 Å².